The van der Waals surface area contributed by atoms with Crippen molar-refractivity contribution in [2.45, 2.75) is 44.0 Å². The number of likely N-dealkylation sites (tertiary alicyclic amines) is 1. The summed E-state index contributed by atoms with van der Waals surface area (Å²) in [6.07, 6.45) is 4.75. The van der Waals surface area contributed by atoms with Gasteiger partial charge in [-0.2, -0.15) is 0 Å². The predicted octanol–water partition coefficient (Wildman–Crippen LogP) is 2.91. The van der Waals surface area contributed by atoms with Gasteiger partial charge in [-0.15, -0.1) is 0 Å². The van der Waals surface area contributed by atoms with Gasteiger partial charge in [-0.25, -0.2) is 9.78 Å². The van der Waals surface area contributed by atoms with Gasteiger partial charge in [0, 0.05) is 42.7 Å². The van der Waals surface area contributed by atoms with E-state index in [0.717, 1.165) is 30.2 Å². The molecule has 0 atom stereocenters. The molecule has 1 saturated carbocycles. The maximum Gasteiger partial charge on any atom is 0.407 e. The van der Waals surface area contributed by atoms with Crippen LogP contribution in [0.2, 0.25) is 0 Å². The molecule has 1 N–H and O–H groups in total. The first-order valence-electron chi connectivity index (χ1n) is 7.51. The highest BCUT2D eigenvalue weighted by molar-refractivity contribution is 9.10. The molecule has 120 valence electrons. The minimum atomic E-state index is -0.836. The lowest BCUT2D eigenvalue weighted by atomic mass is 9.91. The molecule has 7 heteroatoms. The van der Waals surface area contributed by atoms with Gasteiger partial charge >= 0.3 is 6.09 Å². The van der Waals surface area contributed by atoms with Crippen molar-refractivity contribution in [3.8, 4) is 5.88 Å². The van der Waals surface area contributed by atoms with Crippen LogP contribution in [0.1, 0.15) is 25.7 Å². The van der Waals surface area contributed by atoms with Crippen molar-refractivity contribution in [3.63, 3.8) is 0 Å². The summed E-state index contributed by atoms with van der Waals surface area (Å²) in [4.78, 5) is 16.5. The smallest absolute Gasteiger partial charge is 0.407 e. The normalized spacial score (nSPS) is 25.6. The number of carboxylic acid groups (broad SMARTS) is 1. The van der Waals surface area contributed by atoms with Crippen molar-refractivity contribution in [1.82, 2.24) is 9.88 Å². The zero-order valence-electron chi connectivity index (χ0n) is 12.2. The molecule has 0 radical (unpaired) electrons. The Morgan fingerprint density at radius 3 is 2.55 bits per heavy atom. The van der Waals surface area contributed by atoms with Gasteiger partial charge in [0.2, 0.25) is 5.88 Å². The second-order valence-corrected chi connectivity index (χ2v) is 6.67. The number of aromatic nitrogens is 1. The topological polar surface area (TPSA) is 71.9 Å². The molecule has 2 heterocycles. The summed E-state index contributed by atoms with van der Waals surface area (Å²) in [5.41, 5.74) is 0. The quantitative estimate of drug-likeness (QED) is 0.881. The Morgan fingerprint density at radius 1 is 1.23 bits per heavy atom. The van der Waals surface area contributed by atoms with Gasteiger partial charge in [-0.3, -0.25) is 0 Å². The maximum absolute atomic E-state index is 10.8. The van der Waals surface area contributed by atoms with Crippen LogP contribution in [0, 0.1) is 0 Å². The highest BCUT2D eigenvalue weighted by atomic mass is 79.9. The molecule has 2 aliphatic rings. The van der Waals surface area contributed by atoms with E-state index in [1.54, 1.807) is 6.20 Å². The van der Waals surface area contributed by atoms with E-state index < -0.39 is 6.09 Å². The number of carbonyl (C=O) groups is 1. The van der Waals surface area contributed by atoms with E-state index in [-0.39, 0.29) is 18.3 Å². The van der Waals surface area contributed by atoms with Gasteiger partial charge in [0.25, 0.3) is 0 Å². The minimum absolute atomic E-state index is 0.165. The molecule has 0 spiro atoms. The first-order valence-corrected chi connectivity index (χ1v) is 8.31. The lowest BCUT2D eigenvalue weighted by Gasteiger charge is -2.39. The van der Waals surface area contributed by atoms with Crippen LogP contribution in [0.4, 0.5) is 4.79 Å². The molecule has 0 unspecified atom stereocenters. The number of pyridine rings is 1. The Morgan fingerprint density at radius 2 is 1.95 bits per heavy atom. The minimum Gasteiger partial charge on any atom is -0.474 e. The van der Waals surface area contributed by atoms with Gasteiger partial charge in [0.05, 0.1) is 12.2 Å². The van der Waals surface area contributed by atoms with Crippen molar-refractivity contribution in [3.05, 3.63) is 22.8 Å². The van der Waals surface area contributed by atoms with E-state index in [0.29, 0.717) is 19.0 Å². The fraction of sp³-hybridized carbons (Fsp3) is 0.600. The number of nitrogens with zero attached hydrogens (tertiary/aromatic N) is 2. The summed E-state index contributed by atoms with van der Waals surface area (Å²) in [5.74, 6) is 0.640. The Kier molecular flexibility index (Phi) is 4.83. The second kappa shape index (κ2) is 6.83. The Hall–Kier alpha value is -1.34. The van der Waals surface area contributed by atoms with E-state index in [1.807, 2.05) is 12.1 Å². The monoisotopic (exact) mass is 370 g/mol. The van der Waals surface area contributed by atoms with Crippen LogP contribution >= 0.6 is 15.9 Å². The lowest BCUT2D eigenvalue weighted by molar-refractivity contribution is -0.109. The Labute approximate surface area is 137 Å². The molecule has 0 aromatic carbocycles. The molecule has 1 amide bonds. The van der Waals surface area contributed by atoms with Crippen LogP contribution < -0.4 is 4.74 Å². The molecule has 0 bridgehead atoms. The SMILES string of the molecule is O=C(O)N1CCC(OC2CC(Oc3ccc(Br)cn3)C2)CC1. The van der Waals surface area contributed by atoms with Gasteiger partial charge in [-0.1, -0.05) is 0 Å². The van der Waals surface area contributed by atoms with Crippen molar-refractivity contribution in [2.75, 3.05) is 13.1 Å². The lowest BCUT2D eigenvalue weighted by Crippen LogP contribution is -2.45. The highest BCUT2D eigenvalue weighted by Gasteiger charge is 2.35. The van der Waals surface area contributed by atoms with Crippen molar-refractivity contribution < 1.29 is 19.4 Å². The summed E-state index contributed by atoms with van der Waals surface area (Å²) in [5, 5.41) is 8.92. The van der Waals surface area contributed by atoms with E-state index in [4.69, 9.17) is 14.6 Å². The number of hydrogen-bond acceptors (Lipinski definition) is 4. The average Bonchev–Trinajstić information content (AvgIpc) is 2.47. The first kappa shape index (κ1) is 15.6. The fourth-order valence-electron chi connectivity index (χ4n) is 2.78. The molecule has 2 fully saturated rings. The number of halogens is 1. The number of hydrogen-bond donors (Lipinski definition) is 1. The molecule has 1 aromatic heterocycles. The van der Waals surface area contributed by atoms with Crippen molar-refractivity contribution >= 4 is 22.0 Å². The van der Waals surface area contributed by atoms with E-state index in [2.05, 4.69) is 20.9 Å². The fourth-order valence-corrected chi connectivity index (χ4v) is 3.02. The van der Waals surface area contributed by atoms with Crippen molar-refractivity contribution in [1.29, 1.82) is 0 Å². The zero-order chi connectivity index (χ0) is 15.5. The molecule has 1 aliphatic heterocycles. The molecular weight excluding hydrogens is 352 g/mol. The number of piperidine rings is 1. The standard InChI is InChI=1S/C15H19BrN2O4/c16-10-1-2-14(17-9-10)22-13-7-12(8-13)21-11-3-5-18(6-4-11)15(19)20/h1-2,9,11-13H,3-8H2,(H,19,20). The van der Waals surface area contributed by atoms with E-state index >= 15 is 0 Å². The number of amides is 1. The predicted molar refractivity (Wildman–Crippen MR) is 83.1 cm³/mol. The maximum atomic E-state index is 10.8. The number of rotatable bonds is 4. The molecule has 6 nitrogen and oxygen atoms in total. The van der Waals surface area contributed by atoms with E-state index in [9.17, 15) is 4.79 Å². The molecule has 3 rings (SSSR count). The zero-order valence-corrected chi connectivity index (χ0v) is 13.7. The van der Waals surface area contributed by atoms with Crippen LogP contribution in [-0.2, 0) is 4.74 Å². The third kappa shape index (κ3) is 3.89. The van der Waals surface area contributed by atoms with Crippen LogP contribution in [0.25, 0.3) is 0 Å². The Bertz CT molecular complexity index is 511. The second-order valence-electron chi connectivity index (χ2n) is 5.75. The number of ether oxygens (including phenoxy) is 2. The largest absolute Gasteiger partial charge is 0.474 e. The summed E-state index contributed by atoms with van der Waals surface area (Å²) in [7, 11) is 0. The van der Waals surface area contributed by atoms with Gasteiger partial charge in [0.15, 0.2) is 0 Å². The van der Waals surface area contributed by atoms with Gasteiger partial charge < -0.3 is 19.5 Å². The summed E-state index contributed by atoms with van der Waals surface area (Å²) < 4.78 is 12.7. The van der Waals surface area contributed by atoms with Gasteiger partial charge in [-0.05, 0) is 34.8 Å². The third-order valence-corrected chi connectivity index (χ3v) is 4.61. The molecule has 1 aliphatic carbocycles. The summed E-state index contributed by atoms with van der Waals surface area (Å²) in [6.45, 7) is 1.13. The molecule has 1 saturated heterocycles. The molecule has 22 heavy (non-hydrogen) atoms. The first-order chi connectivity index (χ1) is 10.6. The Balaban J connectivity index is 1.36. The van der Waals surface area contributed by atoms with Crippen LogP contribution in [0.3, 0.4) is 0 Å². The van der Waals surface area contributed by atoms with Crippen LogP contribution in [0.5, 0.6) is 5.88 Å². The summed E-state index contributed by atoms with van der Waals surface area (Å²) >= 11 is 3.34. The summed E-state index contributed by atoms with van der Waals surface area (Å²) in [6, 6.07) is 3.76. The average molecular weight is 371 g/mol. The van der Waals surface area contributed by atoms with Crippen LogP contribution in [-0.4, -0.2) is 52.5 Å². The van der Waals surface area contributed by atoms with Crippen LogP contribution in [0.15, 0.2) is 22.8 Å². The van der Waals surface area contributed by atoms with Gasteiger partial charge in [0.1, 0.15) is 6.10 Å². The van der Waals surface area contributed by atoms with E-state index in [1.165, 1.54) is 4.90 Å². The molecule has 1 aromatic rings. The highest BCUT2D eigenvalue weighted by Crippen LogP contribution is 2.30. The van der Waals surface area contributed by atoms with Crippen molar-refractivity contribution in [2.24, 2.45) is 0 Å². The molecular formula is C15H19BrN2O4. The third-order valence-electron chi connectivity index (χ3n) is 4.14.